The highest BCUT2D eigenvalue weighted by molar-refractivity contribution is 5.78. The van der Waals surface area contributed by atoms with Crippen LogP contribution in [-0.2, 0) is 9.53 Å². The number of hydrogen-bond donors (Lipinski definition) is 2. The van der Waals surface area contributed by atoms with E-state index in [0.29, 0.717) is 18.6 Å². The maximum Gasteiger partial charge on any atom is 0.323 e. The molecule has 0 saturated carbocycles. The van der Waals surface area contributed by atoms with Crippen LogP contribution in [0.2, 0.25) is 0 Å². The number of ether oxygens (including phenoxy) is 1. The van der Waals surface area contributed by atoms with Crippen molar-refractivity contribution in [3.8, 4) is 0 Å². The smallest absolute Gasteiger partial charge is 0.323 e. The summed E-state index contributed by atoms with van der Waals surface area (Å²) in [6.45, 7) is 7.34. The lowest BCUT2D eigenvalue weighted by atomic mass is 9.97. The molecule has 5 heteroatoms. The molecule has 2 fully saturated rings. The molecule has 2 aliphatic rings. The van der Waals surface area contributed by atoms with Gasteiger partial charge in [0.25, 0.3) is 0 Å². The van der Waals surface area contributed by atoms with E-state index < -0.39 is 11.5 Å². The Kier molecular flexibility index (Phi) is 4.81. The molecule has 2 aliphatic heterocycles. The molecule has 0 aliphatic carbocycles. The molecular weight excluding hydrogens is 244 g/mol. The minimum atomic E-state index is -0.812. The first kappa shape index (κ1) is 14.8. The number of carboxylic acids is 1. The molecule has 0 spiro atoms. The van der Waals surface area contributed by atoms with Gasteiger partial charge in [0.15, 0.2) is 0 Å². The van der Waals surface area contributed by atoms with Gasteiger partial charge in [-0.15, -0.1) is 0 Å². The molecule has 3 unspecified atom stereocenters. The van der Waals surface area contributed by atoms with Gasteiger partial charge in [-0.3, -0.25) is 9.69 Å². The molecule has 2 heterocycles. The topological polar surface area (TPSA) is 61.8 Å². The van der Waals surface area contributed by atoms with E-state index in [-0.39, 0.29) is 0 Å². The number of fused-ring (bicyclic) bond motifs is 2. The van der Waals surface area contributed by atoms with Crippen molar-refractivity contribution in [1.82, 2.24) is 10.2 Å². The lowest BCUT2D eigenvalue weighted by Gasteiger charge is -2.35. The number of nitrogens with zero attached hydrogens (tertiary/aromatic N) is 1. The molecule has 2 rings (SSSR count). The Bertz CT molecular complexity index is 312. The van der Waals surface area contributed by atoms with Gasteiger partial charge in [0, 0.05) is 19.6 Å². The van der Waals surface area contributed by atoms with Gasteiger partial charge >= 0.3 is 5.97 Å². The third-order valence-corrected chi connectivity index (χ3v) is 4.28. The van der Waals surface area contributed by atoms with Crippen LogP contribution in [0.1, 0.15) is 39.5 Å². The monoisotopic (exact) mass is 270 g/mol. The van der Waals surface area contributed by atoms with Gasteiger partial charge in [0.2, 0.25) is 0 Å². The number of aliphatic carboxylic acids is 1. The Labute approximate surface area is 115 Å². The van der Waals surface area contributed by atoms with Crippen molar-refractivity contribution >= 4 is 5.97 Å². The zero-order valence-electron chi connectivity index (χ0n) is 12.0. The summed E-state index contributed by atoms with van der Waals surface area (Å²) in [6.07, 6.45) is 4.65. The molecule has 0 aromatic rings. The zero-order chi connectivity index (χ0) is 13.9. The minimum absolute atomic E-state index is 0.374. The Balaban J connectivity index is 1.83. The molecule has 0 aromatic heterocycles. The summed E-state index contributed by atoms with van der Waals surface area (Å²) in [5.41, 5.74) is -0.812. The summed E-state index contributed by atoms with van der Waals surface area (Å²) in [6, 6.07) is 0. The lowest BCUT2D eigenvalue weighted by molar-refractivity contribution is -0.144. The van der Waals surface area contributed by atoms with E-state index in [1.807, 2.05) is 0 Å². The highest BCUT2D eigenvalue weighted by atomic mass is 16.5. The van der Waals surface area contributed by atoms with Crippen molar-refractivity contribution in [2.24, 2.45) is 0 Å². The second kappa shape index (κ2) is 6.20. The Hall–Kier alpha value is -0.650. The summed E-state index contributed by atoms with van der Waals surface area (Å²) in [4.78, 5) is 13.8. The standard InChI is InChI=1S/C14H26N2O3/c1-3-7-15-14(2,13(17)18)6-8-16-9-11-4-5-12(10-16)19-11/h11-12,15H,3-10H2,1-2H3,(H,17,18). The summed E-state index contributed by atoms with van der Waals surface area (Å²) in [5.74, 6) is -0.753. The van der Waals surface area contributed by atoms with E-state index in [9.17, 15) is 9.90 Å². The van der Waals surface area contributed by atoms with Crippen molar-refractivity contribution < 1.29 is 14.6 Å². The van der Waals surface area contributed by atoms with Gasteiger partial charge < -0.3 is 15.2 Å². The fraction of sp³-hybridized carbons (Fsp3) is 0.929. The van der Waals surface area contributed by atoms with Gasteiger partial charge in [-0.1, -0.05) is 6.92 Å². The normalized spacial score (nSPS) is 30.2. The van der Waals surface area contributed by atoms with Gasteiger partial charge in [0.1, 0.15) is 5.54 Å². The van der Waals surface area contributed by atoms with Crippen LogP contribution in [0.25, 0.3) is 0 Å². The third-order valence-electron chi connectivity index (χ3n) is 4.28. The van der Waals surface area contributed by atoms with Crippen LogP contribution in [0.3, 0.4) is 0 Å². The summed E-state index contributed by atoms with van der Waals surface area (Å²) in [7, 11) is 0. The second-order valence-electron chi connectivity index (χ2n) is 6.03. The number of nitrogens with one attached hydrogen (secondary N) is 1. The molecule has 2 bridgehead atoms. The molecule has 19 heavy (non-hydrogen) atoms. The van der Waals surface area contributed by atoms with Gasteiger partial charge in [-0.25, -0.2) is 0 Å². The molecular formula is C14H26N2O3. The zero-order valence-corrected chi connectivity index (χ0v) is 12.0. The van der Waals surface area contributed by atoms with Crippen LogP contribution in [-0.4, -0.2) is 59.9 Å². The molecule has 110 valence electrons. The van der Waals surface area contributed by atoms with E-state index in [1.165, 1.54) is 0 Å². The Morgan fingerprint density at radius 2 is 2.05 bits per heavy atom. The summed E-state index contributed by atoms with van der Waals surface area (Å²) >= 11 is 0. The number of carbonyl (C=O) groups is 1. The van der Waals surface area contributed by atoms with E-state index >= 15 is 0 Å². The molecule has 5 nitrogen and oxygen atoms in total. The van der Waals surface area contributed by atoms with Crippen molar-refractivity contribution in [3.63, 3.8) is 0 Å². The van der Waals surface area contributed by atoms with Crippen LogP contribution in [0.4, 0.5) is 0 Å². The predicted molar refractivity (Wildman–Crippen MR) is 73.3 cm³/mol. The van der Waals surface area contributed by atoms with E-state index in [0.717, 1.165) is 45.4 Å². The molecule has 0 amide bonds. The number of carboxylic acid groups (broad SMARTS) is 1. The van der Waals surface area contributed by atoms with E-state index in [4.69, 9.17) is 4.74 Å². The van der Waals surface area contributed by atoms with E-state index in [2.05, 4.69) is 17.1 Å². The maximum absolute atomic E-state index is 11.4. The molecule has 2 N–H and O–H groups in total. The fourth-order valence-electron chi connectivity index (χ4n) is 2.94. The Morgan fingerprint density at radius 1 is 1.42 bits per heavy atom. The number of morpholine rings is 1. The predicted octanol–water partition coefficient (Wildman–Crippen LogP) is 1.08. The fourth-order valence-corrected chi connectivity index (χ4v) is 2.94. The van der Waals surface area contributed by atoms with Crippen LogP contribution in [0.15, 0.2) is 0 Å². The van der Waals surface area contributed by atoms with Gasteiger partial charge in [0.05, 0.1) is 12.2 Å². The first-order chi connectivity index (χ1) is 9.03. The number of likely N-dealkylation sites (tertiary alicyclic amines) is 1. The van der Waals surface area contributed by atoms with Crippen molar-refractivity contribution in [1.29, 1.82) is 0 Å². The summed E-state index contributed by atoms with van der Waals surface area (Å²) < 4.78 is 5.80. The van der Waals surface area contributed by atoms with Crippen molar-refractivity contribution in [2.75, 3.05) is 26.2 Å². The first-order valence-corrected chi connectivity index (χ1v) is 7.40. The number of hydrogen-bond acceptors (Lipinski definition) is 4. The quantitative estimate of drug-likeness (QED) is 0.725. The SMILES string of the molecule is CCCNC(C)(CCN1CC2CCC(C1)O2)C(=O)O. The molecule has 0 radical (unpaired) electrons. The highest BCUT2D eigenvalue weighted by Crippen LogP contribution is 2.26. The Morgan fingerprint density at radius 3 is 2.58 bits per heavy atom. The second-order valence-corrected chi connectivity index (χ2v) is 6.03. The number of rotatable bonds is 7. The van der Waals surface area contributed by atoms with E-state index in [1.54, 1.807) is 6.92 Å². The maximum atomic E-state index is 11.4. The van der Waals surface area contributed by atoms with Crippen molar-refractivity contribution in [2.45, 2.75) is 57.3 Å². The average Bonchev–Trinajstić information content (AvgIpc) is 2.73. The van der Waals surface area contributed by atoms with Crippen LogP contribution in [0.5, 0.6) is 0 Å². The lowest BCUT2D eigenvalue weighted by Crippen LogP contribution is -2.53. The first-order valence-electron chi connectivity index (χ1n) is 7.40. The van der Waals surface area contributed by atoms with Crippen molar-refractivity contribution in [3.05, 3.63) is 0 Å². The molecule has 0 aromatic carbocycles. The highest BCUT2D eigenvalue weighted by Gasteiger charge is 2.36. The molecule has 2 saturated heterocycles. The summed E-state index contributed by atoms with van der Waals surface area (Å²) in [5, 5.41) is 12.6. The molecule has 3 atom stereocenters. The van der Waals surface area contributed by atoms with Crippen LogP contribution >= 0.6 is 0 Å². The largest absolute Gasteiger partial charge is 0.480 e. The minimum Gasteiger partial charge on any atom is -0.480 e. The van der Waals surface area contributed by atoms with Gasteiger partial charge in [-0.05, 0) is 39.2 Å². The van der Waals surface area contributed by atoms with Crippen LogP contribution < -0.4 is 5.32 Å². The third kappa shape index (κ3) is 3.68. The van der Waals surface area contributed by atoms with Gasteiger partial charge in [-0.2, -0.15) is 0 Å². The van der Waals surface area contributed by atoms with Crippen LogP contribution in [0, 0.1) is 0 Å². The average molecular weight is 270 g/mol.